The van der Waals surface area contributed by atoms with Gasteiger partial charge in [0.05, 0.1) is 0 Å². The second-order valence-corrected chi connectivity index (χ2v) is 4.10. The standard InChI is InChI=1S/C13H17ClN2/c1-3-5-16(6-4-2)10-11-7-12(14)9-13(15)8-11/h3-4,7-9H,1-2,5-6,10,15H2. The number of anilines is 1. The molecule has 0 aliphatic rings. The third-order valence-electron chi connectivity index (χ3n) is 2.16. The molecular weight excluding hydrogens is 220 g/mol. The van der Waals surface area contributed by atoms with E-state index in [-0.39, 0.29) is 0 Å². The number of nitrogens with zero attached hydrogens (tertiary/aromatic N) is 1. The first-order valence-electron chi connectivity index (χ1n) is 5.14. The number of benzene rings is 1. The lowest BCUT2D eigenvalue weighted by Crippen LogP contribution is -2.23. The van der Waals surface area contributed by atoms with Crippen LogP contribution in [-0.4, -0.2) is 18.0 Å². The molecule has 1 aromatic carbocycles. The Hall–Kier alpha value is -1.25. The van der Waals surface area contributed by atoms with Crippen LogP contribution in [0.15, 0.2) is 43.5 Å². The Morgan fingerprint density at radius 3 is 2.31 bits per heavy atom. The lowest BCUT2D eigenvalue weighted by Gasteiger charge is -2.19. The smallest absolute Gasteiger partial charge is 0.0429 e. The summed E-state index contributed by atoms with van der Waals surface area (Å²) in [5.74, 6) is 0. The van der Waals surface area contributed by atoms with Crippen LogP contribution in [-0.2, 0) is 6.54 Å². The van der Waals surface area contributed by atoms with Crippen molar-refractivity contribution in [3.8, 4) is 0 Å². The van der Waals surface area contributed by atoms with Gasteiger partial charge in [-0.25, -0.2) is 0 Å². The number of rotatable bonds is 6. The Bertz CT molecular complexity index is 344. The van der Waals surface area contributed by atoms with Crippen LogP contribution in [0.5, 0.6) is 0 Å². The van der Waals surface area contributed by atoms with Crippen LogP contribution in [0.4, 0.5) is 5.69 Å². The van der Waals surface area contributed by atoms with Crippen LogP contribution in [0, 0.1) is 0 Å². The van der Waals surface area contributed by atoms with Gasteiger partial charge in [-0.15, -0.1) is 13.2 Å². The van der Waals surface area contributed by atoms with E-state index in [0.717, 1.165) is 25.2 Å². The van der Waals surface area contributed by atoms with E-state index >= 15 is 0 Å². The zero-order valence-electron chi connectivity index (χ0n) is 9.32. The van der Waals surface area contributed by atoms with Crippen LogP contribution >= 0.6 is 11.6 Å². The SMILES string of the molecule is C=CCN(CC=C)Cc1cc(N)cc(Cl)c1. The maximum atomic E-state index is 5.95. The molecule has 2 nitrogen and oxygen atoms in total. The van der Waals surface area contributed by atoms with Gasteiger partial charge in [0.1, 0.15) is 0 Å². The highest BCUT2D eigenvalue weighted by Gasteiger charge is 2.03. The lowest BCUT2D eigenvalue weighted by molar-refractivity contribution is 0.328. The van der Waals surface area contributed by atoms with E-state index in [0.29, 0.717) is 10.7 Å². The van der Waals surface area contributed by atoms with E-state index in [1.807, 2.05) is 24.3 Å². The molecular formula is C13H17ClN2. The fourth-order valence-electron chi connectivity index (χ4n) is 1.59. The van der Waals surface area contributed by atoms with Gasteiger partial charge in [0.2, 0.25) is 0 Å². The zero-order chi connectivity index (χ0) is 12.0. The second kappa shape index (κ2) is 6.36. The first-order chi connectivity index (χ1) is 7.65. The molecule has 0 spiro atoms. The van der Waals surface area contributed by atoms with Gasteiger partial charge in [0.25, 0.3) is 0 Å². The highest BCUT2D eigenvalue weighted by Crippen LogP contribution is 2.17. The zero-order valence-corrected chi connectivity index (χ0v) is 10.1. The molecule has 0 atom stereocenters. The molecule has 0 bridgehead atoms. The number of nitrogens with two attached hydrogens (primary N) is 1. The fraction of sp³-hybridized carbons (Fsp3) is 0.231. The summed E-state index contributed by atoms with van der Waals surface area (Å²) in [6.07, 6.45) is 3.74. The summed E-state index contributed by atoms with van der Waals surface area (Å²) in [5.41, 5.74) is 7.54. The van der Waals surface area contributed by atoms with Gasteiger partial charge in [-0.1, -0.05) is 23.8 Å². The van der Waals surface area contributed by atoms with Crippen molar-refractivity contribution in [3.05, 3.63) is 54.1 Å². The molecule has 0 aromatic heterocycles. The molecule has 1 aromatic rings. The van der Waals surface area contributed by atoms with E-state index in [2.05, 4.69) is 18.1 Å². The van der Waals surface area contributed by atoms with Gasteiger partial charge < -0.3 is 5.73 Å². The van der Waals surface area contributed by atoms with E-state index < -0.39 is 0 Å². The summed E-state index contributed by atoms with van der Waals surface area (Å²) >= 11 is 5.95. The van der Waals surface area contributed by atoms with E-state index in [1.54, 1.807) is 6.07 Å². The maximum Gasteiger partial charge on any atom is 0.0429 e. The summed E-state index contributed by atoms with van der Waals surface area (Å²) in [6, 6.07) is 5.61. The molecule has 0 amide bonds. The Labute approximate surface area is 102 Å². The molecule has 0 unspecified atom stereocenters. The minimum atomic E-state index is 0.673. The topological polar surface area (TPSA) is 29.3 Å². The van der Waals surface area contributed by atoms with Crippen LogP contribution in [0.2, 0.25) is 5.02 Å². The molecule has 16 heavy (non-hydrogen) atoms. The third kappa shape index (κ3) is 4.09. The summed E-state index contributed by atoms with van der Waals surface area (Å²) in [4.78, 5) is 2.20. The number of halogens is 1. The van der Waals surface area contributed by atoms with Crippen molar-refractivity contribution in [2.24, 2.45) is 0 Å². The quantitative estimate of drug-likeness (QED) is 0.608. The van der Waals surface area contributed by atoms with Crippen molar-refractivity contribution < 1.29 is 0 Å². The van der Waals surface area contributed by atoms with Gasteiger partial charge in [-0.05, 0) is 23.8 Å². The van der Waals surface area contributed by atoms with Crippen molar-refractivity contribution in [2.75, 3.05) is 18.8 Å². The summed E-state index contributed by atoms with van der Waals surface area (Å²) < 4.78 is 0. The largest absolute Gasteiger partial charge is 0.399 e. The van der Waals surface area contributed by atoms with E-state index in [9.17, 15) is 0 Å². The Morgan fingerprint density at radius 2 is 1.81 bits per heavy atom. The van der Waals surface area contributed by atoms with Crippen LogP contribution in [0.25, 0.3) is 0 Å². The normalized spacial score (nSPS) is 10.4. The minimum Gasteiger partial charge on any atom is -0.399 e. The van der Waals surface area contributed by atoms with Gasteiger partial charge >= 0.3 is 0 Å². The first kappa shape index (κ1) is 12.8. The average molecular weight is 237 g/mol. The van der Waals surface area contributed by atoms with Crippen LogP contribution in [0.1, 0.15) is 5.56 Å². The highest BCUT2D eigenvalue weighted by atomic mass is 35.5. The highest BCUT2D eigenvalue weighted by molar-refractivity contribution is 6.30. The molecule has 0 saturated heterocycles. The maximum absolute atomic E-state index is 5.95. The fourth-order valence-corrected chi connectivity index (χ4v) is 1.86. The minimum absolute atomic E-state index is 0.673. The van der Waals surface area contributed by atoms with Crippen molar-refractivity contribution in [3.63, 3.8) is 0 Å². The molecule has 0 radical (unpaired) electrons. The van der Waals surface area contributed by atoms with Crippen LogP contribution in [0.3, 0.4) is 0 Å². The van der Waals surface area contributed by atoms with Crippen molar-refractivity contribution >= 4 is 17.3 Å². The molecule has 0 aliphatic carbocycles. The number of hydrogen-bond acceptors (Lipinski definition) is 2. The Balaban J connectivity index is 2.75. The molecule has 86 valence electrons. The van der Waals surface area contributed by atoms with E-state index in [4.69, 9.17) is 17.3 Å². The monoisotopic (exact) mass is 236 g/mol. The van der Waals surface area contributed by atoms with Crippen molar-refractivity contribution in [1.29, 1.82) is 0 Å². The molecule has 0 saturated carbocycles. The van der Waals surface area contributed by atoms with Crippen LogP contribution < -0.4 is 5.73 Å². The predicted octanol–water partition coefficient (Wildman–Crippen LogP) is 3.10. The Kier molecular flexibility index (Phi) is 5.09. The molecule has 0 heterocycles. The summed E-state index contributed by atoms with van der Waals surface area (Å²) in [7, 11) is 0. The number of nitrogen functional groups attached to an aromatic ring is 1. The van der Waals surface area contributed by atoms with Crippen molar-refractivity contribution in [1.82, 2.24) is 4.90 Å². The number of hydrogen-bond donors (Lipinski definition) is 1. The third-order valence-corrected chi connectivity index (χ3v) is 2.38. The Morgan fingerprint density at radius 1 is 1.19 bits per heavy atom. The van der Waals surface area contributed by atoms with E-state index in [1.165, 1.54) is 0 Å². The molecule has 2 N–H and O–H groups in total. The van der Waals surface area contributed by atoms with Crippen molar-refractivity contribution in [2.45, 2.75) is 6.54 Å². The van der Waals surface area contributed by atoms with Gasteiger partial charge in [0, 0.05) is 30.3 Å². The summed E-state index contributed by atoms with van der Waals surface area (Å²) in [6.45, 7) is 9.90. The first-order valence-corrected chi connectivity index (χ1v) is 5.52. The van der Waals surface area contributed by atoms with Gasteiger partial charge in [0.15, 0.2) is 0 Å². The molecule has 3 heteroatoms. The molecule has 1 rings (SSSR count). The molecule has 0 aliphatic heterocycles. The second-order valence-electron chi connectivity index (χ2n) is 3.66. The predicted molar refractivity (Wildman–Crippen MR) is 71.5 cm³/mol. The molecule has 0 fully saturated rings. The van der Waals surface area contributed by atoms with Gasteiger partial charge in [-0.3, -0.25) is 4.90 Å². The van der Waals surface area contributed by atoms with Gasteiger partial charge in [-0.2, -0.15) is 0 Å². The average Bonchev–Trinajstić information content (AvgIpc) is 2.16. The summed E-state index contributed by atoms with van der Waals surface area (Å²) in [5, 5.41) is 0.673. The lowest BCUT2D eigenvalue weighted by atomic mass is 10.2.